The first-order valence-electron chi connectivity index (χ1n) is 6.53. The standard InChI is InChI=1S/C16H16ClF2N/c1-2-16(11-4-3-5-13(17)8-11)20-10-12-6-7-14(18)9-15(12)19/h3-9,16,20H,2,10H2,1H3. The van der Waals surface area contributed by atoms with E-state index in [2.05, 4.69) is 5.32 Å². The molecule has 1 unspecified atom stereocenters. The Bertz CT molecular complexity index is 586. The molecule has 0 aliphatic rings. The van der Waals surface area contributed by atoms with Crippen molar-refractivity contribution < 1.29 is 8.78 Å². The van der Waals surface area contributed by atoms with E-state index in [1.165, 1.54) is 12.1 Å². The molecule has 0 spiro atoms. The summed E-state index contributed by atoms with van der Waals surface area (Å²) in [7, 11) is 0. The number of halogens is 3. The highest BCUT2D eigenvalue weighted by Crippen LogP contribution is 2.21. The molecule has 4 heteroatoms. The van der Waals surface area contributed by atoms with Crippen LogP contribution in [0, 0.1) is 11.6 Å². The largest absolute Gasteiger partial charge is 0.306 e. The molecule has 2 rings (SSSR count). The van der Waals surface area contributed by atoms with Gasteiger partial charge in [-0.15, -0.1) is 0 Å². The van der Waals surface area contributed by atoms with Gasteiger partial charge in [0.15, 0.2) is 0 Å². The third-order valence-corrected chi connectivity index (χ3v) is 3.45. The maximum atomic E-state index is 13.6. The van der Waals surface area contributed by atoms with E-state index in [1.54, 1.807) is 0 Å². The molecule has 106 valence electrons. The van der Waals surface area contributed by atoms with Gasteiger partial charge in [-0.1, -0.05) is 36.7 Å². The van der Waals surface area contributed by atoms with E-state index >= 15 is 0 Å². The van der Waals surface area contributed by atoms with Crippen molar-refractivity contribution in [2.75, 3.05) is 0 Å². The lowest BCUT2D eigenvalue weighted by Crippen LogP contribution is -2.20. The lowest BCUT2D eigenvalue weighted by atomic mass is 10.0. The normalized spacial score (nSPS) is 12.4. The Balaban J connectivity index is 2.07. The van der Waals surface area contributed by atoms with Gasteiger partial charge in [0, 0.05) is 29.2 Å². The second kappa shape index (κ2) is 6.82. The quantitative estimate of drug-likeness (QED) is 0.830. The minimum atomic E-state index is -0.562. The Hall–Kier alpha value is -1.45. The first-order valence-corrected chi connectivity index (χ1v) is 6.90. The molecule has 0 aliphatic heterocycles. The predicted molar refractivity (Wildman–Crippen MR) is 77.7 cm³/mol. The van der Waals surface area contributed by atoms with Gasteiger partial charge < -0.3 is 5.32 Å². The van der Waals surface area contributed by atoms with Gasteiger partial charge in [-0.05, 0) is 30.2 Å². The first-order chi connectivity index (χ1) is 9.60. The summed E-state index contributed by atoms with van der Waals surface area (Å²) >= 11 is 5.98. The van der Waals surface area contributed by atoms with Crippen LogP contribution in [0.25, 0.3) is 0 Å². The zero-order chi connectivity index (χ0) is 14.5. The number of nitrogens with one attached hydrogen (secondary N) is 1. The molecule has 0 aromatic heterocycles. The fraction of sp³-hybridized carbons (Fsp3) is 0.250. The third-order valence-electron chi connectivity index (χ3n) is 3.21. The maximum absolute atomic E-state index is 13.6. The van der Waals surface area contributed by atoms with Crippen molar-refractivity contribution in [1.29, 1.82) is 0 Å². The molecule has 0 fully saturated rings. The summed E-state index contributed by atoms with van der Waals surface area (Å²) in [6, 6.07) is 11.3. The topological polar surface area (TPSA) is 12.0 Å². The Labute approximate surface area is 122 Å². The maximum Gasteiger partial charge on any atom is 0.130 e. The van der Waals surface area contributed by atoms with Gasteiger partial charge in [-0.3, -0.25) is 0 Å². The van der Waals surface area contributed by atoms with Gasteiger partial charge in [-0.25, -0.2) is 8.78 Å². The Morgan fingerprint density at radius 1 is 1.15 bits per heavy atom. The van der Waals surface area contributed by atoms with Crippen molar-refractivity contribution in [2.24, 2.45) is 0 Å². The van der Waals surface area contributed by atoms with E-state index in [9.17, 15) is 8.78 Å². The van der Waals surface area contributed by atoms with Crippen molar-refractivity contribution in [3.8, 4) is 0 Å². The van der Waals surface area contributed by atoms with Crippen LogP contribution < -0.4 is 5.32 Å². The number of hydrogen-bond acceptors (Lipinski definition) is 1. The zero-order valence-electron chi connectivity index (χ0n) is 11.2. The molecular weight excluding hydrogens is 280 g/mol. The lowest BCUT2D eigenvalue weighted by Gasteiger charge is -2.18. The van der Waals surface area contributed by atoms with Crippen molar-refractivity contribution in [2.45, 2.75) is 25.9 Å². The Morgan fingerprint density at radius 3 is 2.60 bits per heavy atom. The van der Waals surface area contributed by atoms with Crippen molar-refractivity contribution in [3.63, 3.8) is 0 Å². The zero-order valence-corrected chi connectivity index (χ0v) is 11.9. The summed E-state index contributed by atoms with van der Waals surface area (Å²) in [4.78, 5) is 0. The number of hydrogen-bond donors (Lipinski definition) is 1. The predicted octanol–water partition coefficient (Wildman–Crippen LogP) is 4.86. The van der Waals surface area contributed by atoms with Gasteiger partial charge in [0.2, 0.25) is 0 Å². The highest BCUT2D eigenvalue weighted by atomic mass is 35.5. The summed E-state index contributed by atoms with van der Waals surface area (Å²) in [5.41, 5.74) is 1.51. The van der Waals surface area contributed by atoms with Crippen LogP contribution in [-0.2, 0) is 6.54 Å². The molecule has 0 heterocycles. The second-order valence-electron chi connectivity index (χ2n) is 4.63. The molecule has 0 radical (unpaired) electrons. The third kappa shape index (κ3) is 3.78. The van der Waals surface area contributed by atoms with E-state index in [0.717, 1.165) is 18.1 Å². The molecule has 20 heavy (non-hydrogen) atoms. The monoisotopic (exact) mass is 295 g/mol. The van der Waals surface area contributed by atoms with Crippen LogP contribution in [0.4, 0.5) is 8.78 Å². The van der Waals surface area contributed by atoms with Gasteiger partial charge in [0.1, 0.15) is 11.6 Å². The van der Waals surface area contributed by atoms with E-state index in [-0.39, 0.29) is 6.04 Å². The number of rotatable bonds is 5. The Kier molecular flexibility index (Phi) is 5.10. The average Bonchev–Trinajstić information content (AvgIpc) is 2.41. The molecule has 0 bridgehead atoms. The van der Waals surface area contributed by atoms with Gasteiger partial charge >= 0.3 is 0 Å². The van der Waals surface area contributed by atoms with E-state index in [1.807, 2.05) is 31.2 Å². The molecule has 0 aliphatic carbocycles. The summed E-state index contributed by atoms with van der Waals surface area (Å²) in [6.45, 7) is 2.39. The molecular formula is C16H16ClF2N. The van der Waals surface area contributed by atoms with Crippen LogP contribution in [0.1, 0.15) is 30.5 Å². The van der Waals surface area contributed by atoms with Gasteiger partial charge in [-0.2, -0.15) is 0 Å². The minimum Gasteiger partial charge on any atom is -0.306 e. The molecule has 0 amide bonds. The molecule has 1 atom stereocenters. The average molecular weight is 296 g/mol. The van der Waals surface area contributed by atoms with Crippen molar-refractivity contribution in [3.05, 3.63) is 70.2 Å². The van der Waals surface area contributed by atoms with Gasteiger partial charge in [0.25, 0.3) is 0 Å². The van der Waals surface area contributed by atoms with Crippen LogP contribution in [0.3, 0.4) is 0 Å². The minimum absolute atomic E-state index is 0.0816. The fourth-order valence-corrected chi connectivity index (χ4v) is 2.32. The van der Waals surface area contributed by atoms with Gasteiger partial charge in [0.05, 0.1) is 0 Å². The molecule has 0 saturated heterocycles. The first kappa shape index (κ1) is 14.9. The molecule has 2 aromatic rings. The summed E-state index contributed by atoms with van der Waals surface area (Å²) in [5.74, 6) is -1.09. The van der Waals surface area contributed by atoms with E-state index in [0.29, 0.717) is 17.1 Å². The van der Waals surface area contributed by atoms with Crippen LogP contribution in [0.5, 0.6) is 0 Å². The molecule has 2 aromatic carbocycles. The van der Waals surface area contributed by atoms with Crippen molar-refractivity contribution in [1.82, 2.24) is 5.32 Å². The fourth-order valence-electron chi connectivity index (χ4n) is 2.12. The van der Waals surface area contributed by atoms with Crippen molar-refractivity contribution >= 4 is 11.6 Å². The summed E-state index contributed by atoms with van der Waals surface area (Å²) < 4.78 is 26.4. The number of benzene rings is 2. The van der Waals surface area contributed by atoms with Crippen LogP contribution in [0.15, 0.2) is 42.5 Å². The molecule has 0 saturated carbocycles. The highest BCUT2D eigenvalue weighted by molar-refractivity contribution is 6.30. The highest BCUT2D eigenvalue weighted by Gasteiger charge is 2.11. The molecule has 1 N–H and O–H groups in total. The summed E-state index contributed by atoms with van der Waals surface area (Å²) in [5, 5.41) is 3.95. The lowest BCUT2D eigenvalue weighted by molar-refractivity contribution is 0.500. The Morgan fingerprint density at radius 2 is 1.95 bits per heavy atom. The van der Waals surface area contributed by atoms with Crippen LogP contribution in [0.2, 0.25) is 5.02 Å². The smallest absolute Gasteiger partial charge is 0.130 e. The SMILES string of the molecule is CCC(NCc1ccc(F)cc1F)c1cccc(Cl)c1. The van der Waals surface area contributed by atoms with E-state index < -0.39 is 11.6 Å². The van der Waals surface area contributed by atoms with Crippen LogP contribution in [-0.4, -0.2) is 0 Å². The summed E-state index contributed by atoms with van der Waals surface area (Å²) in [6.07, 6.45) is 0.850. The van der Waals surface area contributed by atoms with E-state index in [4.69, 9.17) is 11.6 Å². The second-order valence-corrected chi connectivity index (χ2v) is 5.07. The molecule has 1 nitrogen and oxygen atoms in total. The van der Waals surface area contributed by atoms with Crippen LogP contribution >= 0.6 is 11.6 Å².